The van der Waals surface area contributed by atoms with Crippen LogP contribution in [0.4, 0.5) is 4.79 Å². The second kappa shape index (κ2) is 5.78. The van der Waals surface area contributed by atoms with E-state index in [9.17, 15) is 14.4 Å². The van der Waals surface area contributed by atoms with Gasteiger partial charge < -0.3 is 15.2 Å². The van der Waals surface area contributed by atoms with Gasteiger partial charge in [-0.05, 0) is 19.8 Å². The van der Waals surface area contributed by atoms with E-state index in [0.717, 1.165) is 29.3 Å². The lowest BCUT2D eigenvalue weighted by molar-refractivity contribution is -0.137. The van der Waals surface area contributed by atoms with E-state index in [1.807, 2.05) is 6.92 Å². The highest BCUT2D eigenvalue weighted by Gasteiger charge is 2.33. The number of rotatable bonds is 3. The zero-order chi connectivity index (χ0) is 15.7. The number of hydrogen-bond donors (Lipinski definition) is 2. The van der Waals surface area contributed by atoms with Crippen molar-refractivity contribution in [2.45, 2.75) is 25.7 Å². The molecule has 0 saturated carbocycles. The molecule has 3 heterocycles. The largest absolute Gasteiger partial charge is 0.346 e. The molecular formula is C14H19N5O3. The third-order valence-corrected chi connectivity index (χ3v) is 4.11. The Labute approximate surface area is 127 Å². The minimum absolute atomic E-state index is 0.0274. The topological polar surface area (TPSA) is 98.4 Å². The first-order valence-electron chi connectivity index (χ1n) is 7.42. The molecule has 2 N–H and O–H groups in total. The van der Waals surface area contributed by atoms with E-state index in [0.29, 0.717) is 13.1 Å². The molecule has 118 valence electrons. The fourth-order valence-corrected chi connectivity index (χ4v) is 2.92. The number of carbonyl (C=O) groups excluding carboxylic acids is 3. The number of amides is 4. The van der Waals surface area contributed by atoms with Crippen LogP contribution >= 0.6 is 0 Å². The summed E-state index contributed by atoms with van der Waals surface area (Å²) < 4.78 is 0. The summed E-state index contributed by atoms with van der Waals surface area (Å²) in [7, 11) is 0. The van der Waals surface area contributed by atoms with Gasteiger partial charge in [-0.2, -0.15) is 0 Å². The van der Waals surface area contributed by atoms with Gasteiger partial charge in [-0.25, -0.2) is 9.78 Å². The average molecular weight is 305 g/mol. The van der Waals surface area contributed by atoms with Gasteiger partial charge in [-0.15, -0.1) is 0 Å². The quantitative estimate of drug-likeness (QED) is 0.766. The molecule has 0 spiro atoms. The third kappa shape index (κ3) is 2.81. The number of aryl methyl sites for hydroxylation is 1. The third-order valence-electron chi connectivity index (χ3n) is 4.11. The van der Waals surface area contributed by atoms with E-state index >= 15 is 0 Å². The van der Waals surface area contributed by atoms with Crippen LogP contribution in [0.15, 0.2) is 6.20 Å². The van der Waals surface area contributed by atoms with Crippen LogP contribution in [0.5, 0.6) is 0 Å². The minimum atomic E-state index is -0.492. The normalized spacial score (nSPS) is 22.1. The van der Waals surface area contributed by atoms with Crippen molar-refractivity contribution >= 4 is 17.8 Å². The predicted octanol–water partition coefficient (Wildman–Crippen LogP) is -0.0241. The van der Waals surface area contributed by atoms with Crippen LogP contribution in [0.1, 0.15) is 30.3 Å². The first kappa shape index (κ1) is 14.6. The number of hydrogen-bond acceptors (Lipinski definition) is 4. The minimum Gasteiger partial charge on any atom is -0.346 e. The molecule has 2 aliphatic heterocycles. The molecule has 1 aromatic heterocycles. The lowest BCUT2D eigenvalue weighted by Crippen LogP contribution is -2.46. The molecule has 3 rings (SSSR count). The Morgan fingerprint density at radius 1 is 1.45 bits per heavy atom. The van der Waals surface area contributed by atoms with Crippen molar-refractivity contribution in [1.29, 1.82) is 0 Å². The fraction of sp³-hybridized carbons (Fsp3) is 0.571. The van der Waals surface area contributed by atoms with Gasteiger partial charge in [0.05, 0.1) is 6.54 Å². The Morgan fingerprint density at radius 3 is 2.91 bits per heavy atom. The second-order valence-corrected chi connectivity index (χ2v) is 5.77. The second-order valence-electron chi connectivity index (χ2n) is 5.77. The lowest BCUT2D eigenvalue weighted by atomic mass is 9.97. The van der Waals surface area contributed by atoms with Crippen LogP contribution in [0.25, 0.3) is 0 Å². The maximum absolute atomic E-state index is 12.3. The lowest BCUT2D eigenvalue weighted by Gasteiger charge is -2.32. The summed E-state index contributed by atoms with van der Waals surface area (Å²) >= 11 is 0. The predicted molar refractivity (Wildman–Crippen MR) is 77.0 cm³/mol. The number of piperidine rings is 1. The van der Waals surface area contributed by atoms with Gasteiger partial charge in [-0.3, -0.25) is 14.5 Å². The molecule has 22 heavy (non-hydrogen) atoms. The Morgan fingerprint density at radius 2 is 2.27 bits per heavy atom. The smallest absolute Gasteiger partial charge is 0.325 e. The SMILES string of the molecule is Cc1cnc([C@H]2CCCN(C(=O)CN3C(=O)CNC3=O)C2)[nH]1. The van der Waals surface area contributed by atoms with Gasteiger partial charge >= 0.3 is 6.03 Å². The van der Waals surface area contributed by atoms with E-state index in [4.69, 9.17) is 0 Å². The van der Waals surface area contributed by atoms with Crippen LogP contribution < -0.4 is 5.32 Å². The van der Waals surface area contributed by atoms with Crippen molar-refractivity contribution in [3.63, 3.8) is 0 Å². The van der Waals surface area contributed by atoms with Crippen molar-refractivity contribution in [2.75, 3.05) is 26.2 Å². The zero-order valence-corrected chi connectivity index (χ0v) is 12.5. The Kier molecular flexibility index (Phi) is 3.82. The van der Waals surface area contributed by atoms with Crippen LogP contribution in [-0.4, -0.2) is 63.8 Å². The molecule has 2 aliphatic rings. The molecule has 0 bridgehead atoms. The Bertz CT molecular complexity index is 595. The van der Waals surface area contributed by atoms with E-state index in [1.54, 1.807) is 11.1 Å². The number of carbonyl (C=O) groups is 3. The van der Waals surface area contributed by atoms with Crippen molar-refractivity contribution in [3.8, 4) is 0 Å². The number of urea groups is 1. The standard InChI is InChI=1S/C14H19N5O3/c1-9-5-15-13(17-9)10-3-2-4-18(7-10)12(21)8-19-11(20)6-16-14(19)22/h5,10H,2-4,6-8H2,1H3,(H,15,17)(H,16,22)/t10-/m0/s1. The number of likely N-dealkylation sites (tertiary alicyclic amines) is 1. The molecule has 8 nitrogen and oxygen atoms in total. The van der Waals surface area contributed by atoms with Gasteiger partial charge in [-0.1, -0.05) is 0 Å². The van der Waals surface area contributed by atoms with Crippen molar-refractivity contribution in [2.24, 2.45) is 0 Å². The molecule has 0 radical (unpaired) electrons. The number of nitrogens with one attached hydrogen (secondary N) is 2. The highest BCUT2D eigenvalue weighted by Crippen LogP contribution is 2.25. The highest BCUT2D eigenvalue weighted by atomic mass is 16.2. The first-order chi connectivity index (χ1) is 10.5. The summed E-state index contributed by atoms with van der Waals surface area (Å²) in [6.45, 7) is 2.95. The van der Waals surface area contributed by atoms with E-state index in [-0.39, 0.29) is 30.8 Å². The molecule has 0 aromatic carbocycles. The summed E-state index contributed by atoms with van der Waals surface area (Å²) in [5.41, 5.74) is 0.998. The maximum Gasteiger partial charge on any atom is 0.325 e. The maximum atomic E-state index is 12.3. The molecule has 1 aromatic rings. The van der Waals surface area contributed by atoms with Crippen LogP contribution in [0.2, 0.25) is 0 Å². The molecule has 8 heteroatoms. The summed E-state index contributed by atoms with van der Waals surface area (Å²) in [6.07, 6.45) is 3.64. The average Bonchev–Trinajstić information content (AvgIpc) is 3.08. The van der Waals surface area contributed by atoms with Crippen LogP contribution in [0.3, 0.4) is 0 Å². The Balaban J connectivity index is 1.63. The number of aromatic amines is 1. The Hall–Kier alpha value is -2.38. The summed E-state index contributed by atoms with van der Waals surface area (Å²) in [5.74, 6) is 0.520. The van der Waals surface area contributed by atoms with E-state index in [2.05, 4.69) is 15.3 Å². The van der Waals surface area contributed by atoms with Gasteiger partial charge in [0.25, 0.3) is 5.91 Å². The number of imide groups is 1. The number of nitrogens with zero attached hydrogens (tertiary/aromatic N) is 3. The van der Waals surface area contributed by atoms with Gasteiger partial charge in [0.2, 0.25) is 5.91 Å². The molecule has 1 atom stereocenters. The van der Waals surface area contributed by atoms with Crippen LogP contribution in [0, 0.1) is 6.92 Å². The molecule has 0 aliphatic carbocycles. The first-order valence-corrected chi connectivity index (χ1v) is 7.42. The number of aromatic nitrogens is 2. The molecule has 2 fully saturated rings. The number of imidazole rings is 1. The summed E-state index contributed by atoms with van der Waals surface area (Å²) in [4.78, 5) is 45.6. The van der Waals surface area contributed by atoms with E-state index < -0.39 is 6.03 Å². The van der Waals surface area contributed by atoms with Crippen LogP contribution in [-0.2, 0) is 9.59 Å². The van der Waals surface area contributed by atoms with Gasteiger partial charge in [0.1, 0.15) is 12.4 Å². The molecule has 4 amide bonds. The van der Waals surface area contributed by atoms with E-state index in [1.165, 1.54) is 0 Å². The van der Waals surface area contributed by atoms with Crippen molar-refractivity contribution < 1.29 is 14.4 Å². The zero-order valence-electron chi connectivity index (χ0n) is 12.5. The van der Waals surface area contributed by atoms with Crippen molar-refractivity contribution in [3.05, 3.63) is 17.7 Å². The fourth-order valence-electron chi connectivity index (χ4n) is 2.92. The number of H-pyrrole nitrogens is 1. The van der Waals surface area contributed by atoms with Gasteiger partial charge in [0, 0.05) is 30.9 Å². The molecular weight excluding hydrogens is 286 g/mol. The molecule has 0 unspecified atom stereocenters. The highest BCUT2D eigenvalue weighted by molar-refractivity contribution is 6.04. The monoisotopic (exact) mass is 305 g/mol. The summed E-state index contributed by atoms with van der Waals surface area (Å²) in [6, 6.07) is -0.492. The van der Waals surface area contributed by atoms with Crippen molar-refractivity contribution in [1.82, 2.24) is 25.1 Å². The molecule has 2 saturated heterocycles. The summed E-state index contributed by atoms with van der Waals surface area (Å²) in [5, 5.41) is 2.42. The van der Waals surface area contributed by atoms with Gasteiger partial charge in [0.15, 0.2) is 0 Å².